The molecule has 1 aliphatic rings. The van der Waals surface area contributed by atoms with Gasteiger partial charge in [0, 0.05) is 26.3 Å². The zero-order valence-corrected chi connectivity index (χ0v) is 28.8. The van der Waals surface area contributed by atoms with Crippen molar-refractivity contribution < 1.29 is 0 Å². The van der Waals surface area contributed by atoms with Gasteiger partial charge in [0.05, 0.1) is 11.2 Å². The fourth-order valence-corrected chi connectivity index (χ4v) is 7.12. The average molecular weight is 598 g/mol. The third-order valence-corrected chi connectivity index (χ3v) is 9.17. The number of para-hydroxylation sites is 1. The summed E-state index contributed by atoms with van der Waals surface area (Å²) < 4.78 is 2.42. The maximum atomic E-state index is 4.31. The Bertz CT molecular complexity index is 1840. The molecule has 0 bridgehead atoms. The molecule has 5 aromatic rings. The van der Waals surface area contributed by atoms with Crippen molar-refractivity contribution >= 4 is 28.7 Å². The van der Waals surface area contributed by atoms with E-state index in [0.29, 0.717) is 0 Å². The lowest BCUT2D eigenvalue weighted by molar-refractivity contribution is 0.660. The van der Waals surface area contributed by atoms with Crippen LogP contribution in [0.4, 0.5) is 0 Å². The molecule has 0 aliphatic heterocycles. The monoisotopic (exact) mass is 597 g/mol. The summed E-state index contributed by atoms with van der Waals surface area (Å²) in [5.41, 5.74) is 12.8. The van der Waals surface area contributed by atoms with E-state index in [2.05, 4.69) is 142 Å². The molecule has 0 unspecified atom stereocenters. The van der Waals surface area contributed by atoms with Gasteiger partial charge in [0.2, 0.25) is 0 Å². The van der Waals surface area contributed by atoms with Gasteiger partial charge >= 0.3 is 0 Å². The highest BCUT2D eigenvalue weighted by Gasteiger charge is 2.35. The lowest BCUT2D eigenvalue weighted by Gasteiger charge is -2.22. The molecule has 4 aromatic carbocycles. The first-order valence-corrected chi connectivity index (χ1v) is 16.8. The fourth-order valence-electron chi connectivity index (χ4n) is 6.24. The first-order chi connectivity index (χ1) is 21.3. The van der Waals surface area contributed by atoms with Crippen LogP contribution in [0.2, 0.25) is 0 Å². The van der Waals surface area contributed by atoms with Crippen molar-refractivity contribution in [1.82, 2.24) is 4.57 Å². The van der Waals surface area contributed by atoms with E-state index >= 15 is 0 Å². The smallest absolute Gasteiger partial charge is 0.0607 e. The van der Waals surface area contributed by atoms with Crippen LogP contribution >= 0.6 is 11.8 Å². The van der Waals surface area contributed by atoms with Crippen LogP contribution in [0.25, 0.3) is 44.9 Å². The Balaban J connectivity index is 0.00000106. The van der Waals surface area contributed by atoms with Crippen LogP contribution in [0.15, 0.2) is 120 Å². The summed E-state index contributed by atoms with van der Waals surface area (Å²) in [6, 6.07) is 31.4. The van der Waals surface area contributed by atoms with Gasteiger partial charge in [0.15, 0.2) is 0 Å². The molecular formula is C42H47NS. The van der Waals surface area contributed by atoms with Crippen LogP contribution in [0, 0.1) is 6.92 Å². The van der Waals surface area contributed by atoms with Crippen molar-refractivity contribution in [2.24, 2.45) is 0 Å². The number of hydrogen-bond acceptors (Lipinski definition) is 1. The third kappa shape index (κ3) is 5.88. The number of allylic oxidation sites excluding steroid dienone is 3. The van der Waals surface area contributed by atoms with Crippen LogP contribution in [0.1, 0.15) is 77.8 Å². The highest BCUT2D eigenvalue weighted by Crippen LogP contribution is 2.49. The van der Waals surface area contributed by atoms with E-state index in [1.165, 1.54) is 66.1 Å². The number of thioether (sulfide) groups is 1. The second-order valence-electron chi connectivity index (χ2n) is 11.0. The standard InChI is InChI=1S/C38H35NS.2C2H6/c1-7-13-25(3)40-37-22-20-28(24-36(37)39-34(14-8-2)26(4)29-15-10-12-18-35(29)39)27-19-21-31-30-16-9-11-17-32(30)38(5,6)33(31)23-27;2*1-2/h7-24H,3H2,1-2,4-6H3;2*1-2H3/b13-7-,14-8-;;. The van der Waals surface area contributed by atoms with E-state index < -0.39 is 0 Å². The second kappa shape index (κ2) is 14.2. The molecule has 226 valence electrons. The first kappa shape index (κ1) is 32.9. The third-order valence-electron chi connectivity index (χ3n) is 8.21. The largest absolute Gasteiger partial charge is 0.308 e. The molecule has 1 heterocycles. The van der Waals surface area contributed by atoms with Crippen molar-refractivity contribution in [3.05, 3.63) is 137 Å². The molecular weight excluding hydrogens is 551 g/mol. The second-order valence-corrected chi connectivity index (χ2v) is 12.2. The minimum absolute atomic E-state index is 0.0301. The summed E-state index contributed by atoms with van der Waals surface area (Å²) in [6.07, 6.45) is 8.49. The van der Waals surface area contributed by atoms with Gasteiger partial charge in [0.25, 0.3) is 0 Å². The Morgan fingerprint density at radius 3 is 2.11 bits per heavy atom. The molecule has 6 rings (SSSR count). The Hall–Kier alpha value is -4.01. The van der Waals surface area contributed by atoms with Gasteiger partial charge in [-0.3, -0.25) is 0 Å². The molecule has 0 fully saturated rings. The maximum Gasteiger partial charge on any atom is 0.0607 e. The van der Waals surface area contributed by atoms with Gasteiger partial charge in [-0.2, -0.15) is 0 Å². The van der Waals surface area contributed by atoms with E-state index in [1.54, 1.807) is 11.8 Å². The van der Waals surface area contributed by atoms with Crippen molar-refractivity contribution in [2.75, 3.05) is 0 Å². The summed E-state index contributed by atoms with van der Waals surface area (Å²) in [6.45, 7) is 23.4. The predicted octanol–water partition coefficient (Wildman–Crippen LogP) is 13.2. The van der Waals surface area contributed by atoms with E-state index in [-0.39, 0.29) is 5.41 Å². The van der Waals surface area contributed by atoms with Crippen LogP contribution in [0.5, 0.6) is 0 Å². The minimum Gasteiger partial charge on any atom is -0.308 e. The van der Waals surface area contributed by atoms with Crippen molar-refractivity contribution in [3.8, 4) is 27.9 Å². The van der Waals surface area contributed by atoms with Gasteiger partial charge in [-0.05, 0) is 90.1 Å². The molecule has 44 heavy (non-hydrogen) atoms. The van der Waals surface area contributed by atoms with Gasteiger partial charge in [-0.1, -0.05) is 139 Å². The molecule has 0 saturated carbocycles. The number of rotatable bonds is 6. The lowest BCUT2D eigenvalue weighted by atomic mass is 9.81. The molecule has 0 atom stereocenters. The number of fused-ring (bicyclic) bond motifs is 4. The Morgan fingerprint density at radius 1 is 0.750 bits per heavy atom. The van der Waals surface area contributed by atoms with Crippen molar-refractivity contribution in [2.45, 2.75) is 72.6 Å². The normalized spacial score (nSPS) is 12.8. The maximum absolute atomic E-state index is 4.31. The number of aryl methyl sites for hydroxylation is 1. The SMILES string of the molecule is C=C(/C=C\C)Sc1ccc(-c2ccc3c(c2)C(C)(C)c2ccccc2-3)cc1-n1c(/C=C\C)c(C)c2ccccc21.CC.CC. The summed E-state index contributed by atoms with van der Waals surface area (Å²) >= 11 is 1.72. The van der Waals surface area contributed by atoms with Gasteiger partial charge in [-0.25, -0.2) is 0 Å². The van der Waals surface area contributed by atoms with Crippen molar-refractivity contribution in [1.29, 1.82) is 0 Å². The van der Waals surface area contributed by atoms with Crippen LogP contribution < -0.4 is 0 Å². The van der Waals surface area contributed by atoms with Crippen LogP contribution in [0.3, 0.4) is 0 Å². The fraction of sp³-hybridized carbons (Fsp3) is 0.238. The van der Waals surface area contributed by atoms with Crippen LogP contribution in [-0.2, 0) is 5.41 Å². The predicted molar refractivity (Wildman–Crippen MR) is 198 cm³/mol. The van der Waals surface area contributed by atoms with E-state index in [4.69, 9.17) is 0 Å². The Labute approximate surface area is 270 Å². The molecule has 1 aliphatic carbocycles. The van der Waals surface area contributed by atoms with Crippen molar-refractivity contribution in [3.63, 3.8) is 0 Å². The summed E-state index contributed by atoms with van der Waals surface area (Å²) in [5, 5.41) is 1.28. The number of nitrogens with zero attached hydrogens (tertiary/aromatic N) is 1. The topological polar surface area (TPSA) is 4.93 Å². The summed E-state index contributed by atoms with van der Waals surface area (Å²) in [5.74, 6) is 0. The summed E-state index contributed by atoms with van der Waals surface area (Å²) in [4.78, 5) is 2.21. The zero-order valence-electron chi connectivity index (χ0n) is 28.0. The molecule has 0 saturated heterocycles. The van der Waals surface area contributed by atoms with E-state index in [0.717, 1.165) is 4.91 Å². The highest BCUT2D eigenvalue weighted by atomic mass is 32.2. The van der Waals surface area contributed by atoms with Gasteiger partial charge in [0.1, 0.15) is 0 Å². The minimum atomic E-state index is -0.0301. The van der Waals surface area contributed by atoms with E-state index in [9.17, 15) is 0 Å². The van der Waals surface area contributed by atoms with E-state index in [1.807, 2.05) is 40.7 Å². The Morgan fingerprint density at radius 2 is 1.39 bits per heavy atom. The molecule has 0 spiro atoms. The van der Waals surface area contributed by atoms with Gasteiger partial charge < -0.3 is 4.57 Å². The molecule has 0 amide bonds. The lowest BCUT2D eigenvalue weighted by Crippen LogP contribution is -2.14. The average Bonchev–Trinajstić information content (AvgIpc) is 3.46. The molecule has 0 N–H and O–H groups in total. The molecule has 2 heteroatoms. The molecule has 1 nitrogen and oxygen atoms in total. The quantitative estimate of drug-likeness (QED) is 0.139. The highest BCUT2D eigenvalue weighted by molar-refractivity contribution is 8.03. The summed E-state index contributed by atoms with van der Waals surface area (Å²) in [7, 11) is 0. The van der Waals surface area contributed by atoms with Crippen LogP contribution in [-0.4, -0.2) is 4.57 Å². The molecule has 1 aromatic heterocycles. The molecule has 0 radical (unpaired) electrons. The first-order valence-electron chi connectivity index (χ1n) is 16.0. The number of aromatic nitrogens is 1. The number of benzene rings is 4. The zero-order chi connectivity index (χ0) is 32.0. The van der Waals surface area contributed by atoms with Gasteiger partial charge in [-0.15, -0.1) is 0 Å². The Kier molecular flexibility index (Phi) is 10.6. The number of hydrogen-bond donors (Lipinski definition) is 0.